The predicted octanol–water partition coefficient (Wildman–Crippen LogP) is 29.1. The van der Waals surface area contributed by atoms with Gasteiger partial charge in [0.2, 0.25) is 5.75 Å². The quantitative estimate of drug-likeness (QED) is 0.0138. The maximum atomic E-state index is 14.1. The van der Waals surface area contributed by atoms with Gasteiger partial charge in [-0.2, -0.15) is 0 Å². The van der Waals surface area contributed by atoms with Gasteiger partial charge in [0, 0.05) is 18.2 Å². The average molecular weight is 1400 g/mol. The first-order valence-corrected chi connectivity index (χ1v) is 42.4. The number of rotatable bonds is 70. The van der Waals surface area contributed by atoms with Gasteiger partial charge in [-0.15, -0.1) is 0 Å². The summed E-state index contributed by atoms with van der Waals surface area (Å²) in [6, 6.07) is 21.9. The number of benzene rings is 4. The van der Waals surface area contributed by atoms with E-state index in [1.807, 2.05) is 12.1 Å². The Labute approximate surface area is 616 Å². The van der Waals surface area contributed by atoms with Gasteiger partial charge in [-0.3, -0.25) is 10.1 Å². The third kappa shape index (κ3) is 44.0. The zero-order valence-electron chi connectivity index (χ0n) is 65.0. The molecule has 0 aliphatic heterocycles. The van der Waals surface area contributed by atoms with Crippen LogP contribution in [0.15, 0.2) is 78.9 Å². The third-order valence-electron chi connectivity index (χ3n) is 20.1. The molecule has 0 aliphatic carbocycles. The van der Waals surface area contributed by atoms with E-state index >= 15 is 0 Å². The Kier molecular flexibility index (Phi) is 53.8. The molecule has 0 spiro atoms. The topological polar surface area (TPSA) is 133 Å². The van der Waals surface area contributed by atoms with Crippen LogP contribution in [0.25, 0.3) is 11.1 Å². The second-order valence-corrected chi connectivity index (χ2v) is 29.3. The molecule has 0 saturated carbocycles. The molecule has 0 bridgehead atoms. The van der Waals surface area contributed by atoms with Crippen molar-refractivity contribution < 1.29 is 42.9 Å². The predicted molar refractivity (Wildman–Crippen MR) is 425 cm³/mol. The van der Waals surface area contributed by atoms with Crippen LogP contribution >= 0.6 is 0 Å². The molecule has 101 heavy (non-hydrogen) atoms. The van der Waals surface area contributed by atoms with Crippen LogP contribution in [0.2, 0.25) is 0 Å². The van der Waals surface area contributed by atoms with Gasteiger partial charge in [0.1, 0.15) is 39.9 Å². The lowest BCUT2D eigenvalue weighted by atomic mass is 10.0. The average Bonchev–Trinajstić information content (AvgIpc) is 0.823. The zero-order chi connectivity index (χ0) is 71.9. The largest absolute Gasteiger partial charge is 0.493 e. The smallest absolute Gasteiger partial charge is 0.347 e. The number of hydrogen-bond acceptors (Lipinski definition) is 10. The van der Waals surface area contributed by atoms with Crippen molar-refractivity contribution in [2.75, 3.05) is 26.4 Å². The SMILES string of the molecule is CCCCCCCCCCCCCCCCOc1ccc(C(=O)Oc2ccc(-c3ccc(OC(=O)c4ccc(OCCCCCCCCCCCCCCCC)cc4OCCCCCCCCCCCCCCCC)c([N+](=O)[O-])c3)cc2)c(OCCCCCCCCCCCCCCCC)c1. The summed E-state index contributed by atoms with van der Waals surface area (Å²) in [6.07, 6.45) is 71.5. The van der Waals surface area contributed by atoms with Crippen LogP contribution < -0.4 is 28.4 Å². The second kappa shape index (κ2) is 61.9. The van der Waals surface area contributed by atoms with Gasteiger partial charge in [0.15, 0.2) is 0 Å². The molecule has 0 fully saturated rings. The lowest BCUT2D eigenvalue weighted by Crippen LogP contribution is -2.13. The van der Waals surface area contributed by atoms with E-state index in [0.717, 1.165) is 57.8 Å². The number of carbonyl (C=O) groups excluding carboxylic acids is 2. The summed E-state index contributed by atoms with van der Waals surface area (Å²) in [5, 5.41) is 12.7. The molecule has 0 saturated heterocycles. The maximum absolute atomic E-state index is 14.1. The Balaban J connectivity index is 1.33. The summed E-state index contributed by atoms with van der Waals surface area (Å²) in [4.78, 5) is 40.2. The van der Waals surface area contributed by atoms with E-state index in [0.29, 0.717) is 71.9 Å². The van der Waals surface area contributed by atoms with Crippen molar-refractivity contribution in [2.45, 2.75) is 387 Å². The van der Waals surface area contributed by atoms with E-state index in [1.165, 1.54) is 314 Å². The van der Waals surface area contributed by atoms with Crippen LogP contribution in [0, 0.1) is 10.1 Å². The van der Waals surface area contributed by atoms with Crippen molar-refractivity contribution in [3.8, 4) is 45.6 Å². The van der Waals surface area contributed by atoms with E-state index in [2.05, 4.69) is 27.7 Å². The molecule has 0 aliphatic rings. The van der Waals surface area contributed by atoms with Crippen LogP contribution in [0.3, 0.4) is 0 Å². The molecule has 0 atom stereocenters. The second-order valence-electron chi connectivity index (χ2n) is 29.3. The number of ether oxygens (including phenoxy) is 6. The lowest BCUT2D eigenvalue weighted by molar-refractivity contribution is -0.385. The molecule has 0 unspecified atom stereocenters. The Morgan fingerprint density at radius 2 is 0.515 bits per heavy atom. The van der Waals surface area contributed by atoms with Crippen molar-refractivity contribution in [1.29, 1.82) is 0 Å². The number of hydrogen-bond donors (Lipinski definition) is 0. The molecule has 0 heterocycles. The van der Waals surface area contributed by atoms with Gasteiger partial charge >= 0.3 is 17.6 Å². The summed E-state index contributed by atoms with van der Waals surface area (Å²) >= 11 is 0. The fourth-order valence-corrected chi connectivity index (χ4v) is 13.6. The Morgan fingerprint density at radius 1 is 0.267 bits per heavy atom. The Morgan fingerprint density at radius 3 is 0.802 bits per heavy atom. The van der Waals surface area contributed by atoms with Gasteiger partial charge < -0.3 is 28.4 Å². The van der Waals surface area contributed by atoms with Crippen molar-refractivity contribution >= 4 is 17.6 Å². The van der Waals surface area contributed by atoms with Crippen molar-refractivity contribution in [2.24, 2.45) is 0 Å². The van der Waals surface area contributed by atoms with Gasteiger partial charge in [0.25, 0.3) is 0 Å². The van der Waals surface area contributed by atoms with Crippen molar-refractivity contribution in [3.05, 3.63) is 100 Å². The molecule has 0 N–H and O–H groups in total. The van der Waals surface area contributed by atoms with Crippen LogP contribution in [0.1, 0.15) is 408 Å². The number of carbonyl (C=O) groups is 2. The number of esters is 2. The highest BCUT2D eigenvalue weighted by Gasteiger charge is 2.24. The highest BCUT2D eigenvalue weighted by molar-refractivity contribution is 5.95. The van der Waals surface area contributed by atoms with E-state index in [9.17, 15) is 19.7 Å². The molecule has 11 nitrogen and oxygen atoms in total. The number of nitro groups is 1. The molecule has 4 aromatic carbocycles. The first kappa shape index (κ1) is 87.8. The summed E-state index contributed by atoms with van der Waals surface area (Å²) in [7, 11) is 0. The minimum Gasteiger partial charge on any atom is -0.493 e. The van der Waals surface area contributed by atoms with E-state index in [-0.39, 0.29) is 17.0 Å². The van der Waals surface area contributed by atoms with E-state index in [4.69, 9.17) is 28.4 Å². The minimum atomic E-state index is -0.757. The Bertz CT molecular complexity index is 2650. The number of nitro benzene ring substituents is 1. The highest BCUT2D eigenvalue weighted by atomic mass is 16.6. The van der Waals surface area contributed by atoms with Crippen molar-refractivity contribution in [1.82, 2.24) is 0 Å². The molecule has 11 heteroatoms. The monoisotopic (exact) mass is 1400 g/mol. The lowest BCUT2D eigenvalue weighted by Gasteiger charge is -2.14. The normalized spacial score (nSPS) is 11.3. The molecule has 0 aromatic heterocycles. The van der Waals surface area contributed by atoms with Crippen LogP contribution in [0.5, 0.6) is 34.5 Å². The van der Waals surface area contributed by atoms with E-state index < -0.39 is 16.9 Å². The van der Waals surface area contributed by atoms with E-state index in [1.54, 1.807) is 54.6 Å². The summed E-state index contributed by atoms with van der Waals surface area (Å²) in [5.41, 5.74) is 1.29. The molecule has 4 rings (SSSR count). The third-order valence-corrected chi connectivity index (χ3v) is 20.1. The van der Waals surface area contributed by atoms with Gasteiger partial charge in [-0.1, -0.05) is 380 Å². The van der Waals surface area contributed by atoms with Gasteiger partial charge in [0.05, 0.1) is 31.4 Å². The van der Waals surface area contributed by atoms with Crippen LogP contribution in [-0.2, 0) is 0 Å². The molecule has 4 aromatic rings. The maximum Gasteiger partial charge on any atom is 0.347 e. The Hall–Kier alpha value is -5.58. The van der Waals surface area contributed by atoms with Crippen LogP contribution in [-0.4, -0.2) is 43.3 Å². The fourth-order valence-electron chi connectivity index (χ4n) is 13.6. The van der Waals surface area contributed by atoms with Gasteiger partial charge in [-0.05, 0) is 79.3 Å². The standard InChI is InChI=1S/C90H145NO10/c1-5-9-13-17-21-25-29-33-37-41-45-49-53-57-71-96-81-66-68-83(87(76-81)98-73-59-55-51-47-43-39-35-31-27-23-19-15-11-7-3)89(92)100-80-64-61-78(62-65-80)79-63-70-86(85(75-79)91(94)95)101-90(93)84-69-67-82(97-72-58-54-50-46-42-38-34-30-26-22-18-14-10-6-2)77-88(84)99-74-60-56-52-48-44-40-36-32-28-24-20-16-12-8-4/h61-70,75-77H,5-60,71-74H2,1-4H3. The first-order valence-electron chi connectivity index (χ1n) is 42.4. The molecular formula is C90H145NO10. The molecular weight excluding hydrogens is 1250 g/mol. The zero-order valence-corrected chi connectivity index (χ0v) is 65.0. The fraction of sp³-hybridized carbons (Fsp3) is 0.711. The highest BCUT2D eigenvalue weighted by Crippen LogP contribution is 2.36. The molecule has 0 amide bonds. The first-order chi connectivity index (χ1) is 49.8. The molecule has 570 valence electrons. The molecule has 0 radical (unpaired) electrons. The summed E-state index contributed by atoms with van der Waals surface area (Å²) in [5.74, 6) is 0.865. The van der Waals surface area contributed by atoms with Crippen LogP contribution in [0.4, 0.5) is 5.69 Å². The van der Waals surface area contributed by atoms with Crippen molar-refractivity contribution in [3.63, 3.8) is 0 Å². The van der Waals surface area contributed by atoms with Gasteiger partial charge in [-0.25, -0.2) is 9.59 Å². The number of nitrogens with zero attached hydrogens (tertiary/aromatic N) is 1. The number of unbranched alkanes of at least 4 members (excludes halogenated alkanes) is 52. The summed E-state index contributed by atoms with van der Waals surface area (Å²) in [6.45, 7) is 11.2. The minimum absolute atomic E-state index is 0.172. The summed E-state index contributed by atoms with van der Waals surface area (Å²) < 4.78 is 37.0.